The standard InChI is InChI=1S/C14H23FN2O2S/c1-5-17(10-11(2)3)20(18,19)14-8-12(9-16-4)6-7-13(14)15/h6-8,11,16H,5,9-10H2,1-4H3. The third-order valence-corrected chi connectivity index (χ3v) is 4.87. The predicted molar refractivity (Wildman–Crippen MR) is 78.4 cm³/mol. The summed E-state index contributed by atoms with van der Waals surface area (Å²) >= 11 is 0. The van der Waals surface area contributed by atoms with Crippen LogP contribution in [0.4, 0.5) is 4.39 Å². The largest absolute Gasteiger partial charge is 0.316 e. The van der Waals surface area contributed by atoms with Crippen LogP contribution in [0.2, 0.25) is 0 Å². The van der Waals surface area contributed by atoms with Crippen molar-refractivity contribution >= 4 is 10.0 Å². The van der Waals surface area contributed by atoms with Gasteiger partial charge < -0.3 is 5.32 Å². The van der Waals surface area contributed by atoms with Gasteiger partial charge in [0, 0.05) is 19.6 Å². The molecule has 0 bridgehead atoms. The van der Waals surface area contributed by atoms with E-state index in [-0.39, 0.29) is 10.8 Å². The van der Waals surface area contributed by atoms with Gasteiger partial charge in [-0.05, 0) is 30.7 Å². The van der Waals surface area contributed by atoms with E-state index < -0.39 is 15.8 Å². The number of benzene rings is 1. The maximum Gasteiger partial charge on any atom is 0.245 e. The highest BCUT2D eigenvalue weighted by Gasteiger charge is 2.27. The molecule has 20 heavy (non-hydrogen) atoms. The number of rotatable bonds is 7. The first-order valence-corrected chi connectivity index (χ1v) is 8.20. The van der Waals surface area contributed by atoms with E-state index in [0.717, 1.165) is 5.56 Å². The molecule has 0 radical (unpaired) electrons. The van der Waals surface area contributed by atoms with Crippen molar-refractivity contribution in [2.45, 2.75) is 32.2 Å². The molecule has 114 valence electrons. The molecule has 0 amide bonds. The Hall–Kier alpha value is -0.980. The average molecular weight is 302 g/mol. The topological polar surface area (TPSA) is 49.4 Å². The van der Waals surface area contributed by atoms with Crippen LogP contribution in [0.25, 0.3) is 0 Å². The first-order chi connectivity index (χ1) is 9.32. The van der Waals surface area contributed by atoms with Crippen LogP contribution in [0.5, 0.6) is 0 Å². The summed E-state index contributed by atoms with van der Waals surface area (Å²) in [6, 6.07) is 4.20. The fourth-order valence-corrected chi connectivity index (χ4v) is 3.73. The van der Waals surface area contributed by atoms with Gasteiger partial charge >= 0.3 is 0 Å². The Labute approximate surface area is 121 Å². The number of hydrogen-bond donors (Lipinski definition) is 1. The van der Waals surface area contributed by atoms with Gasteiger partial charge in [-0.25, -0.2) is 12.8 Å². The molecule has 4 nitrogen and oxygen atoms in total. The Balaban J connectivity index is 3.22. The molecule has 0 aliphatic carbocycles. The van der Waals surface area contributed by atoms with Crippen molar-refractivity contribution in [2.24, 2.45) is 5.92 Å². The van der Waals surface area contributed by atoms with Gasteiger partial charge in [-0.1, -0.05) is 26.8 Å². The molecular weight excluding hydrogens is 279 g/mol. The fraction of sp³-hybridized carbons (Fsp3) is 0.571. The third-order valence-electron chi connectivity index (χ3n) is 2.92. The van der Waals surface area contributed by atoms with E-state index in [1.807, 2.05) is 13.8 Å². The van der Waals surface area contributed by atoms with Gasteiger partial charge in [-0.15, -0.1) is 0 Å². The molecule has 0 aliphatic rings. The second-order valence-electron chi connectivity index (χ2n) is 5.14. The minimum absolute atomic E-state index is 0.188. The van der Waals surface area contributed by atoms with E-state index in [1.165, 1.54) is 16.4 Å². The Morgan fingerprint density at radius 1 is 1.35 bits per heavy atom. The smallest absolute Gasteiger partial charge is 0.245 e. The van der Waals surface area contributed by atoms with Crippen molar-refractivity contribution in [3.63, 3.8) is 0 Å². The number of hydrogen-bond acceptors (Lipinski definition) is 3. The maximum atomic E-state index is 13.9. The van der Waals surface area contributed by atoms with Crippen LogP contribution >= 0.6 is 0 Å². The molecule has 1 N–H and O–H groups in total. The summed E-state index contributed by atoms with van der Waals surface area (Å²) in [5.74, 6) is -0.514. The maximum absolute atomic E-state index is 13.9. The van der Waals surface area contributed by atoms with Crippen LogP contribution in [0, 0.1) is 11.7 Å². The monoisotopic (exact) mass is 302 g/mol. The molecule has 0 saturated carbocycles. The average Bonchev–Trinajstić information content (AvgIpc) is 2.38. The minimum atomic E-state index is -3.79. The molecular formula is C14H23FN2O2S. The second-order valence-corrected chi connectivity index (χ2v) is 7.05. The molecule has 0 unspecified atom stereocenters. The summed E-state index contributed by atoms with van der Waals surface area (Å²) in [5.41, 5.74) is 0.744. The van der Waals surface area contributed by atoms with Gasteiger partial charge in [0.25, 0.3) is 0 Å². The Kier molecular flexibility index (Phi) is 6.10. The number of nitrogens with one attached hydrogen (secondary N) is 1. The van der Waals surface area contributed by atoms with Crippen molar-refractivity contribution in [1.29, 1.82) is 0 Å². The third kappa shape index (κ3) is 4.01. The summed E-state index contributed by atoms with van der Waals surface area (Å²) in [4.78, 5) is -0.243. The highest BCUT2D eigenvalue weighted by Crippen LogP contribution is 2.21. The van der Waals surface area contributed by atoms with Crippen molar-refractivity contribution < 1.29 is 12.8 Å². The van der Waals surface area contributed by atoms with Gasteiger partial charge in [-0.3, -0.25) is 0 Å². The highest BCUT2D eigenvalue weighted by molar-refractivity contribution is 7.89. The second kappa shape index (κ2) is 7.15. The van der Waals surface area contributed by atoms with E-state index in [9.17, 15) is 12.8 Å². The molecule has 1 aromatic carbocycles. The zero-order chi connectivity index (χ0) is 15.3. The van der Waals surface area contributed by atoms with Crippen LogP contribution in [-0.4, -0.2) is 32.9 Å². The lowest BCUT2D eigenvalue weighted by atomic mass is 10.2. The van der Waals surface area contributed by atoms with Crippen LogP contribution in [0.1, 0.15) is 26.3 Å². The zero-order valence-corrected chi connectivity index (χ0v) is 13.3. The van der Waals surface area contributed by atoms with Crippen LogP contribution in [0.15, 0.2) is 23.1 Å². The van der Waals surface area contributed by atoms with Crippen LogP contribution in [0.3, 0.4) is 0 Å². The van der Waals surface area contributed by atoms with Gasteiger partial charge in [0.15, 0.2) is 0 Å². The van der Waals surface area contributed by atoms with E-state index in [0.29, 0.717) is 19.6 Å². The molecule has 0 aliphatic heterocycles. The summed E-state index contributed by atoms with van der Waals surface area (Å²) in [5, 5.41) is 2.93. The molecule has 1 aromatic rings. The summed E-state index contributed by atoms with van der Waals surface area (Å²) in [6.07, 6.45) is 0. The first kappa shape index (κ1) is 17.1. The van der Waals surface area contributed by atoms with Gasteiger partial charge in [0.1, 0.15) is 10.7 Å². The summed E-state index contributed by atoms with van der Waals surface area (Å²) in [7, 11) is -2.03. The minimum Gasteiger partial charge on any atom is -0.316 e. The SMILES string of the molecule is CCN(CC(C)C)S(=O)(=O)c1cc(CNC)ccc1F. The normalized spacial score (nSPS) is 12.3. The Bertz CT molecular complexity index is 544. The Morgan fingerprint density at radius 2 is 2.00 bits per heavy atom. The predicted octanol–water partition coefficient (Wildman–Crippen LogP) is 2.21. The molecule has 0 atom stereocenters. The van der Waals surface area contributed by atoms with E-state index in [2.05, 4.69) is 5.32 Å². The zero-order valence-electron chi connectivity index (χ0n) is 12.5. The van der Waals surface area contributed by atoms with Gasteiger partial charge in [0.05, 0.1) is 0 Å². The lowest BCUT2D eigenvalue weighted by Crippen LogP contribution is -2.34. The number of sulfonamides is 1. The summed E-state index contributed by atoms with van der Waals surface area (Å²) in [6.45, 7) is 6.84. The number of nitrogens with zero attached hydrogens (tertiary/aromatic N) is 1. The molecule has 1 rings (SSSR count). The van der Waals surface area contributed by atoms with E-state index in [4.69, 9.17) is 0 Å². The molecule has 0 aromatic heterocycles. The number of halogens is 1. The molecule has 0 spiro atoms. The van der Waals surface area contributed by atoms with Crippen LogP contribution < -0.4 is 5.32 Å². The van der Waals surface area contributed by atoms with E-state index in [1.54, 1.807) is 20.0 Å². The van der Waals surface area contributed by atoms with E-state index >= 15 is 0 Å². The van der Waals surface area contributed by atoms with Crippen molar-refractivity contribution in [2.75, 3.05) is 20.1 Å². The van der Waals surface area contributed by atoms with Crippen molar-refractivity contribution in [3.05, 3.63) is 29.6 Å². The first-order valence-electron chi connectivity index (χ1n) is 6.76. The highest BCUT2D eigenvalue weighted by atomic mass is 32.2. The van der Waals surface area contributed by atoms with Crippen molar-refractivity contribution in [3.8, 4) is 0 Å². The quantitative estimate of drug-likeness (QED) is 0.840. The van der Waals surface area contributed by atoms with Crippen LogP contribution in [-0.2, 0) is 16.6 Å². The lowest BCUT2D eigenvalue weighted by molar-refractivity contribution is 0.378. The molecule has 6 heteroatoms. The molecule has 0 saturated heterocycles. The van der Waals surface area contributed by atoms with Crippen molar-refractivity contribution in [1.82, 2.24) is 9.62 Å². The lowest BCUT2D eigenvalue weighted by Gasteiger charge is -2.23. The summed E-state index contributed by atoms with van der Waals surface area (Å²) < 4.78 is 40.3. The fourth-order valence-electron chi connectivity index (χ4n) is 2.00. The van der Waals surface area contributed by atoms with Gasteiger partial charge in [0.2, 0.25) is 10.0 Å². The van der Waals surface area contributed by atoms with Gasteiger partial charge in [-0.2, -0.15) is 4.31 Å². The Morgan fingerprint density at radius 3 is 2.50 bits per heavy atom. The molecule has 0 fully saturated rings. The molecule has 0 heterocycles.